The molecule has 0 radical (unpaired) electrons. The van der Waals surface area contributed by atoms with Crippen molar-refractivity contribution in [1.29, 1.82) is 0 Å². The third-order valence-corrected chi connectivity index (χ3v) is 6.08. The van der Waals surface area contributed by atoms with Crippen LogP contribution in [0.2, 0.25) is 0 Å². The average Bonchev–Trinajstić information content (AvgIpc) is 2.75. The standard InChI is InChI=1S/C16H16N2O3S2/c1-9-6-10(2)15(11(3)7-9)23(20,21)18-12-4-5-13-14(8-12)22-16(19)17-13/h4-8,18H,1-3H3,(H,17,19). The minimum absolute atomic E-state index is 0.162. The average molecular weight is 348 g/mol. The first-order valence-corrected chi connectivity index (χ1v) is 9.30. The summed E-state index contributed by atoms with van der Waals surface area (Å²) in [6.45, 7) is 5.51. The van der Waals surface area contributed by atoms with Crippen molar-refractivity contribution in [1.82, 2.24) is 4.98 Å². The number of aryl methyl sites for hydroxylation is 3. The van der Waals surface area contributed by atoms with Gasteiger partial charge in [-0.3, -0.25) is 9.52 Å². The molecule has 0 saturated heterocycles. The van der Waals surface area contributed by atoms with E-state index in [1.54, 1.807) is 32.0 Å². The summed E-state index contributed by atoms with van der Waals surface area (Å²) in [5.41, 5.74) is 3.58. The number of aromatic amines is 1. The molecule has 5 nitrogen and oxygen atoms in total. The van der Waals surface area contributed by atoms with E-state index in [1.165, 1.54) is 0 Å². The second-order valence-corrected chi connectivity index (χ2v) is 8.19. The fourth-order valence-corrected chi connectivity index (χ4v) is 5.09. The Morgan fingerprint density at radius 1 is 1.04 bits per heavy atom. The molecule has 3 aromatic rings. The van der Waals surface area contributed by atoms with Gasteiger partial charge in [0.2, 0.25) is 0 Å². The number of hydrogen-bond acceptors (Lipinski definition) is 4. The molecule has 0 atom stereocenters. The fraction of sp³-hybridized carbons (Fsp3) is 0.188. The quantitative estimate of drug-likeness (QED) is 0.762. The number of nitrogens with one attached hydrogen (secondary N) is 2. The Labute approximate surface area is 138 Å². The van der Waals surface area contributed by atoms with Crippen LogP contribution in [0.1, 0.15) is 16.7 Å². The third kappa shape index (κ3) is 3.02. The van der Waals surface area contributed by atoms with Crippen molar-refractivity contribution in [2.24, 2.45) is 0 Å². The predicted molar refractivity (Wildman–Crippen MR) is 93.9 cm³/mol. The van der Waals surface area contributed by atoms with E-state index in [2.05, 4.69) is 9.71 Å². The maximum Gasteiger partial charge on any atom is 0.305 e. The molecule has 0 saturated carbocycles. The number of benzene rings is 2. The van der Waals surface area contributed by atoms with Crippen molar-refractivity contribution in [2.45, 2.75) is 25.7 Å². The van der Waals surface area contributed by atoms with Crippen LogP contribution in [0.5, 0.6) is 0 Å². The number of rotatable bonds is 3. The molecule has 0 amide bonds. The fourth-order valence-electron chi connectivity index (χ4n) is 2.81. The first kappa shape index (κ1) is 15.8. The highest BCUT2D eigenvalue weighted by molar-refractivity contribution is 7.92. The maximum atomic E-state index is 12.7. The van der Waals surface area contributed by atoms with Gasteiger partial charge in [0.15, 0.2) is 0 Å². The second-order valence-electron chi connectivity index (χ2n) is 5.56. The van der Waals surface area contributed by atoms with E-state index in [-0.39, 0.29) is 4.87 Å². The van der Waals surface area contributed by atoms with E-state index in [0.717, 1.165) is 16.9 Å². The van der Waals surface area contributed by atoms with Gasteiger partial charge in [-0.2, -0.15) is 0 Å². The van der Waals surface area contributed by atoms with Crippen molar-refractivity contribution < 1.29 is 8.42 Å². The Bertz CT molecular complexity index is 1040. The highest BCUT2D eigenvalue weighted by atomic mass is 32.2. The molecule has 0 fully saturated rings. The number of sulfonamides is 1. The van der Waals surface area contributed by atoms with Gasteiger partial charge < -0.3 is 4.98 Å². The molecular formula is C16H16N2O3S2. The molecule has 0 aliphatic heterocycles. The number of H-pyrrole nitrogens is 1. The van der Waals surface area contributed by atoms with Crippen molar-refractivity contribution in [3.63, 3.8) is 0 Å². The minimum Gasteiger partial charge on any atom is -0.312 e. The number of anilines is 1. The molecule has 0 spiro atoms. The lowest BCUT2D eigenvalue weighted by Crippen LogP contribution is -2.15. The smallest absolute Gasteiger partial charge is 0.305 e. The van der Waals surface area contributed by atoms with Gasteiger partial charge in [0, 0.05) is 0 Å². The number of hydrogen-bond donors (Lipinski definition) is 2. The molecule has 1 heterocycles. The van der Waals surface area contributed by atoms with Crippen LogP contribution in [0.4, 0.5) is 5.69 Å². The Kier molecular flexibility index (Phi) is 3.77. The molecule has 0 aliphatic rings. The molecule has 2 N–H and O–H groups in total. The van der Waals surface area contributed by atoms with Crippen molar-refractivity contribution in [3.8, 4) is 0 Å². The Morgan fingerprint density at radius 3 is 2.35 bits per heavy atom. The first-order chi connectivity index (χ1) is 10.8. The van der Waals surface area contributed by atoms with Gasteiger partial charge in [0.05, 0.1) is 20.8 Å². The summed E-state index contributed by atoms with van der Waals surface area (Å²) in [7, 11) is -3.69. The van der Waals surface area contributed by atoms with Crippen LogP contribution in [-0.4, -0.2) is 13.4 Å². The minimum atomic E-state index is -3.69. The topological polar surface area (TPSA) is 79.0 Å². The zero-order valence-corrected chi connectivity index (χ0v) is 14.6. The first-order valence-electron chi connectivity index (χ1n) is 7.00. The lowest BCUT2D eigenvalue weighted by Gasteiger charge is -2.14. The van der Waals surface area contributed by atoms with Crippen molar-refractivity contribution in [2.75, 3.05) is 4.72 Å². The van der Waals surface area contributed by atoms with Crippen LogP contribution in [0, 0.1) is 20.8 Å². The highest BCUT2D eigenvalue weighted by Gasteiger charge is 2.20. The molecule has 0 unspecified atom stereocenters. The van der Waals surface area contributed by atoms with Crippen LogP contribution >= 0.6 is 11.3 Å². The highest BCUT2D eigenvalue weighted by Crippen LogP contribution is 2.26. The zero-order valence-electron chi connectivity index (χ0n) is 12.9. The van der Waals surface area contributed by atoms with E-state index >= 15 is 0 Å². The van der Waals surface area contributed by atoms with Crippen LogP contribution in [0.3, 0.4) is 0 Å². The molecule has 7 heteroatoms. The normalized spacial score (nSPS) is 11.8. The van der Waals surface area contributed by atoms with Crippen LogP contribution in [0.15, 0.2) is 40.0 Å². The Morgan fingerprint density at radius 2 is 1.70 bits per heavy atom. The summed E-state index contributed by atoms with van der Waals surface area (Å²) in [6, 6.07) is 8.70. The van der Waals surface area contributed by atoms with Gasteiger partial charge in [-0.1, -0.05) is 29.0 Å². The van der Waals surface area contributed by atoms with Gasteiger partial charge in [-0.15, -0.1) is 0 Å². The molecule has 23 heavy (non-hydrogen) atoms. The van der Waals surface area contributed by atoms with E-state index in [9.17, 15) is 13.2 Å². The second kappa shape index (κ2) is 5.50. The van der Waals surface area contributed by atoms with E-state index in [4.69, 9.17) is 0 Å². The summed E-state index contributed by atoms with van der Waals surface area (Å²) in [5, 5.41) is 0. The molecular weight excluding hydrogens is 332 g/mol. The van der Waals surface area contributed by atoms with Crippen LogP contribution in [-0.2, 0) is 10.0 Å². The largest absolute Gasteiger partial charge is 0.312 e. The van der Waals surface area contributed by atoms with E-state index < -0.39 is 10.0 Å². The van der Waals surface area contributed by atoms with Crippen LogP contribution in [0.25, 0.3) is 10.2 Å². The predicted octanol–water partition coefficient (Wildman–Crippen LogP) is 3.32. The summed E-state index contributed by atoms with van der Waals surface area (Å²) < 4.78 is 28.8. The van der Waals surface area contributed by atoms with Crippen molar-refractivity contribution in [3.05, 3.63) is 56.7 Å². The lowest BCUT2D eigenvalue weighted by molar-refractivity contribution is 0.600. The Hall–Kier alpha value is -2.12. The summed E-state index contributed by atoms with van der Waals surface area (Å²) >= 11 is 1.05. The molecule has 120 valence electrons. The van der Waals surface area contributed by atoms with Gasteiger partial charge in [0.25, 0.3) is 10.0 Å². The van der Waals surface area contributed by atoms with Gasteiger partial charge in [-0.25, -0.2) is 8.42 Å². The summed E-state index contributed by atoms with van der Waals surface area (Å²) in [5.74, 6) is 0. The summed E-state index contributed by atoms with van der Waals surface area (Å²) in [4.78, 5) is 14.2. The summed E-state index contributed by atoms with van der Waals surface area (Å²) in [6.07, 6.45) is 0. The molecule has 0 aliphatic carbocycles. The number of aromatic nitrogens is 1. The maximum absolute atomic E-state index is 12.7. The van der Waals surface area contributed by atoms with Gasteiger partial charge in [-0.05, 0) is 50.1 Å². The van der Waals surface area contributed by atoms with E-state index in [0.29, 0.717) is 31.9 Å². The number of fused-ring (bicyclic) bond motifs is 1. The lowest BCUT2D eigenvalue weighted by atomic mass is 10.1. The third-order valence-electron chi connectivity index (χ3n) is 3.55. The number of thiazole rings is 1. The van der Waals surface area contributed by atoms with Crippen molar-refractivity contribution >= 4 is 37.3 Å². The zero-order chi connectivity index (χ0) is 16.8. The van der Waals surface area contributed by atoms with Gasteiger partial charge in [0.1, 0.15) is 0 Å². The Balaban J connectivity index is 2.04. The van der Waals surface area contributed by atoms with Crippen LogP contribution < -0.4 is 9.60 Å². The monoisotopic (exact) mass is 348 g/mol. The van der Waals surface area contributed by atoms with Gasteiger partial charge >= 0.3 is 4.87 Å². The molecule has 0 bridgehead atoms. The molecule has 3 rings (SSSR count). The SMILES string of the molecule is Cc1cc(C)c(S(=O)(=O)Nc2ccc3[nH]c(=O)sc3c2)c(C)c1. The molecule has 1 aromatic heterocycles. The van der Waals surface area contributed by atoms with E-state index in [1.807, 2.05) is 19.1 Å². The molecule has 2 aromatic carbocycles.